The van der Waals surface area contributed by atoms with Gasteiger partial charge in [-0.15, -0.1) is 0 Å². The first kappa shape index (κ1) is 14.3. The molecule has 2 rings (SSSR count). The SMILES string of the molecule is O=S(=O)(NCc1ccco1)c1cc(CO)ccc1Br. The van der Waals surface area contributed by atoms with Gasteiger partial charge in [0.25, 0.3) is 0 Å². The van der Waals surface area contributed by atoms with Crippen molar-refractivity contribution in [2.45, 2.75) is 18.0 Å². The van der Waals surface area contributed by atoms with Crippen molar-refractivity contribution in [3.8, 4) is 0 Å². The Labute approximate surface area is 119 Å². The average Bonchev–Trinajstić information content (AvgIpc) is 2.90. The first-order valence-corrected chi connectivity index (χ1v) is 7.72. The first-order valence-electron chi connectivity index (χ1n) is 5.44. The lowest BCUT2D eigenvalue weighted by molar-refractivity contribution is 0.281. The largest absolute Gasteiger partial charge is 0.468 e. The number of rotatable bonds is 5. The van der Waals surface area contributed by atoms with Gasteiger partial charge in [-0.1, -0.05) is 6.07 Å². The lowest BCUT2D eigenvalue weighted by atomic mass is 10.2. The van der Waals surface area contributed by atoms with Crippen molar-refractivity contribution in [2.75, 3.05) is 0 Å². The van der Waals surface area contributed by atoms with Crippen molar-refractivity contribution >= 4 is 26.0 Å². The average molecular weight is 346 g/mol. The van der Waals surface area contributed by atoms with Crippen LogP contribution in [0.15, 0.2) is 50.4 Å². The van der Waals surface area contributed by atoms with Crippen molar-refractivity contribution in [1.82, 2.24) is 4.72 Å². The Hall–Kier alpha value is -1.15. The van der Waals surface area contributed by atoms with Crippen LogP contribution < -0.4 is 4.72 Å². The molecule has 0 aliphatic heterocycles. The molecule has 5 nitrogen and oxygen atoms in total. The van der Waals surface area contributed by atoms with Crippen molar-refractivity contribution in [1.29, 1.82) is 0 Å². The molecule has 0 radical (unpaired) electrons. The topological polar surface area (TPSA) is 79.5 Å². The maximum Gasteiger partial charge on any atom is 0.242 e. The van der Waals surface area contributed by atoms with Crippen molar-refractivity contribution in [3.63, 3.8) is 0 Å². The molecule has 0 aliphatic carbocycles. The molecule has 19 heavy (non-hydrogen) atoms. The Morgan fingerprint density at radius 3 is 2.74 bits per heavy atom. The zero-order valence-electron chi connectivity index (χ0n) is 9.84. The van der Waals surface area contributed by atoms with E-state index in [1.807, 2.05) is 0 Å². The van der Waals surface area contributed by atoms with Crippen LogP contribution in [-0.2, 0) is 23.2 Å². The van der Waals surface area contributed by atoms with Crippen LogP contribution in [0.1, 0.15) is 11.3 Å². The van der Waals surface area contributed by atoms with Crippen LogP contribution in [0.5, 0.6) is 0 Å². The Bertz CT molecular complexity index is 652. The highest BCUT2D eigenvalue weighted by Gasteiger charge is 2.18. The minimum atomic E-state index is -3.67. The van der Waals surface area contributed by atoms with Crippen LogP contribution in [0, 0.1) is 0 Å². The number of furan rings is 1. The van der Waals surface area contributed by atoms with Gasteiger partial charge in [-0.05, 0) is 45.8 Å². The molecule has 7 heteroatoms. The smallest absolute Gasteiger partial charge is 0.242 e. The second-order valence-electron chi connectivity index (χ2n) is 3.83. The third-order valence-electron chi connectivity index (χ3n) is 2.48. The Balaban J connectivity index is 2.23. The molecule has 0 saturated heterocycles. The van der Waals surface area contributed by atoms with Gasteiger partial charge in [0, 0.05) is 4.47 Å². The molecule has 0 atom stereocenters. The number of hydrogen-bond acceptors (Lipinski definition) is 4. The van der Waals surface area contributed by atoms with Crippen LogP contribution in [0.25, 0.3) is 0 Å². The van der Waals surface area contributed by atoms with E-state index in [2.05, 4.69) is 20.7 Å². The number of aliphatic hydroxyl groups is 1. The summed E-state index contributed by atoms with van der Waals surface area (Å²) in [4.78, 5) is 0.0885. The lowest BCUT2D eigenvalue weighted by Crippen LogP contribution is -2.23. The zero-order chi connectivity index (χ0) is 13.9. The molecule has 0 spiro atoms. The van der Waals surface area contributed by atoms with Crippen LogP contribution >= 0.6 is 15.9 Å². The molecule has 0 bridgehead atoms. The number of aliphatic hydroxyl groups excluding tert-OH is 1. The standard InChI is InChI=1S/C12H12BrNO4S/c13-11-4-3-9(8-15)6-12(11)19(16,17)14-7-10-2-1-5-18-10/h1-6,14-15H,7-8H2. The van der Waals surface area contributed by atoms with E-state index in [0.29, 0.717) is 15.8 Å². The summed E-state index contributed by atoms with van der Waals surface area (Å²) in [6.07, 6.45) is 1.48. The highest BCUT2D eigenvalue weighted by molar-refractivity contribution is 9.10. The van der Waals surface area contributed by atoms with E-state index in [1.54, 1.807) is 24.3 Å². The number of nitrogens with one attached hydrogen (secondary N) is 1. The van der Waals surface area contributed by atoms with Gasteiger partial charge in [0.05, 0.1) is 24.3 Å². The van der Waals surface area contributed by atoms with Gasteiger partial charge < -0.3 is 9.52 Å². The number of benzene rings is 1. The van der Waals surface area contributed by atoms with Crippen molar-refractivity contribution in [3.05, 3.63) is 52.4 Å². The summed E-state index contributed by atoms with van der Waals surface area (Å²) in [5.74, 6) is 0.526. The first-order chi connectivity index (χ1) is 9.03. The van der Waals surface area contributed by atoms with Gasteiger partial charge in [0.15, 0.2) is 0 Å². The minimum absolute atomic E-state index is 0.0745. The van der Waals surface area contributed by atoms with E-state index in [4.69, 9.17) is 9.52 Å². The lowest BCUT2D eigenvalue weighted by Gasteiger charge is -2.08. The minimum Gasteiger partial charge on any atom is -0.468 e. The predicted octanol–water partition coefficient (Wildman–Crippen LogP) is 2.01. The molecular weight excluding hydrogens is 334 g/mol. The third-order valence-corrected chi connectivity index (χ3v) is 4.88. The Morgan fingerprint density at radius 1 is 1.32 bits per heavy atom. The fourth-order valence-electron chi connectivity index (χ4n) is 1.51. The van der Waals surface area contributed by atoms with Gasteiger partial charge in [-0.25, -0.2) is 13.1 Å². The summed E-state index contributed by atoms with van der Waals surface area (Å²) in [5.41, 5.74) is 0.529. The maximum absolute atomic E-state index is 12.2. The van der Waals surface area contributed by atoms with Crippen molar-refractivity contribution in [2.24, 2.45) is 0 Å². The summed E-state index contributed by atoms with van der Waals surface area (Å²) < 4.78 is 32.2. The second kappa shape index (κ2) is 5.87. The van der Waals surface area contributed by atoms with Gasteiger partial charge in [0.2, 0.25) is 10.0 Å². The Kier molecular flexibility index (Phi) is 4.41. The molecule has 0 fully saturated rings. The van der Waals surface area contributed by atoms with Gasteiger partial charge in [0.1, 0.15) is 5.76 Å². The molecule has 1 aromatic carbocycles. The number of hydrogen-bond donors (Lipinski definition) is 2. The van der Waals surface area contributed by atoms with E-state index >= 15 is 0 Å². The normalized spacial score (nSPS) is 11.7. The Morgan fingerprint density at radius 2 is 2.11 bits per heavy atom. The fourth-order valence-corrected chi connectivity index (χ4v) is 3.51. The molecule has 0 unspecified atom stereocenters. The highest BCUT2D eigenvalue weighted by Crippen LogP contribution is 2.23. The van der Waals surface area contributed by atoms with Crippen LogP contribution in [-0.4, -0.2) is 13.5 Å². The number of sulfonamides is 1. The molecule has 0 amide bonds. The molecule has 0 aliphatic rings. The molecule has 2 aromatic rings. The van der Waals surface area contributed by atoms with E-state index in [9.17, 15) is 8.42 Å². The monoisotopic (exact) mass is 345 g/mol. The van der Waals surface area contributed by atoms with Gasteiger partial charge in [-0.3, -0.25) is 0 Å². The molecule has 2 N–H and O–H groups in total. The summed E-state index contributed by atoms with van der Waals surface area (Å²) in [5, 5.41) is 9.05. The predicted molar refractivity (Wildman–Crippen MR) is 72.8 cm³/mol. The maximum atomic E-state index is 12.2. The summed E-state index contributed by atoms with van der Waals surface area (Å²) in [7, 11) is -3.67. The summed E-state index contributed by atoms with van der Waals surface area (Å²) in [6, 6.07) is 8.03. The molecule has 1 aromatic heterocycles. The van der Waals surface area contributed by atoms with E-state index in [0.717, 1.165) is 0 Å². The molecular formula is C12H12BrNO4S. The van der Waals surface area contributed by atoms with E-state index in [-0.39, 0.29) is 18.0 Å². The van der Waals surface area contributed by atoms with Crippen LogP contribution in [0.4, 0.5) is 0 Å². The van der Waals surface area contributed by atoms with E-state index < -0.39 is 10.0 Å². The molecule has 102 valence electrons. The van der Waals surface area contributed by atoms with E-state index in [1.165, 1.54) is 12.3 Å². The van der Waals surface area contributed by atoms with Crippen LogP contribution in [0.3, 0.4) is 0 Å². The fraction of sp³-hybridized carbons (Fsp3) is 0.167. The summed E-state index contributed by atoms with van der Waals surface area (Å²) >= 11 is 3.19. The van der Waals surface area contributed by atoms with Gasteiger partial charge >= 0.3 is 0 Å². The van der Waals surface area contributed by atoms with Crippen molar-refractivity contribution < 1.29 is 17.9 Å². The van der Waals surface area contributed by atoms with Gasteiger partial charge in [-0.2, -0.15) is 0 Å². The molecule has 0 saturated carbocycles. The summed E-state index contributed by atoms with van der Waals surface area (Å²) in [6.45, 7) is -0.140. The highest BCUT2D eigenvalue weighted by atomic mass is 79.9. The third kappa shape index (κ3) is 3.44. The second-order valence-corrected chi connectivity index (χ2v) is 6.42. The zero-order valence-corrected chi connectivity index (χ0v) is 12.2. The van der Waals surface area contributed by atoms with Crippen LogP contribution in [0.2, 0.25) is 0 Å². The molecule has 1 heterocycles. The number of halogens is 1. The quantitative estimate of drug-likeness (QED) is 0.868.